The number of nitrogens with zero attached hydrogens (tertiary/aromatic N) is 1. The van der Waals surface area contributed by atoms with Crippen molar-refractivity contribution in [2.24, 2.45) is 5.92 Å². The largest absolute Gasteiger partial charge is 0.497 e. The van der Waals surface area contributed by atoms with Gasteiger partial charge in [0, 0.05) is 19.1 Å². The van der Waals surface area contributed by atoms with Crippen LogP contribution in [0.3, 0.4) is 0 Å². The van der Waals surface area contributed by atoms with Crippen LogP contribution < -0.4 is 9.46 Å². The van der Waals surface area contributed by atoms with Gasteiger partial charge in [-0.15, -0.1) is 0 Å². The molecule has 0 aromatic heterocycles. The lowest BCUT2D eigenvalue weighted by Crippen LogP contribution is -2.39. The van der Waals surface area contributed by atoms with E-state index < -0.39 is 10.0 Å². The molecule has 0 spiro atoms. The average molecular weight is 497 g/mol. The number of amides is 1. The maximum absolute atomic E-state index is 13.2. The van der Waals surface area contributed by atoms with Crippen molar-refractivity contribution in [3.05, 3.63) is 57.6 Å². The van der Waals surface area contributed by atoms with Crippen molar-refractivity contribution < 1.29 is 17.9 Å². The molecule has 1 amide bonds. The van der Waals surface area contributed by atoms with Crippen LogP contribution in [0.25, 0.3) is 0 Å². The van der Waals surface area contributed by atoms with Crippen molar-refractivity contribution in [1.82, 2.24) is 9.62 Å². The SMILES string of the molecule is COc1ccc(CC2CCN(C(=O)c3cc(S(=O)(=O)NC4CC4)c(Cl)cc3Cl)CC2)cc1. The molecular weight excluding hydrogens is 471 g/mol. The van der Waals surface area contributed by atoms with Crippen LogP contribution in [-0.2, 0) is 16.4 Å². The number of hydrogen-bond acceptors (Lipinski definition) is 4. The number of halogens is 2. The molecule has 6 nitrogen and oxygen atoms in total. The molecule has 0 radical (unpaired) electrons. The summed E-state index contributed by atoms with van der Waals surface area (Å²) in [6, 6.07) is 10.6. The highest BCUT2D eigenvalue weighted by molar-refractivity contribution is 7.89. The maximum atomic E-state index is 13.2. The molecule has 1 saturated carbocycles. The van der Waals surface area contributed by atoms with Crippen LogP contribution in [0.15, 0.2) is 41.3 Å². The summed E-state index contributed by atoms with van der Waals surface area (Å²) in [5.74, 6) is 1.05. The second kappa shape index (κ2) is 9.59. The molecule has 2 fully saturated rings. The maximum Gasteiger partial charge on any atom is 0.255 e. The number of nitrogens with one attached hydrogen (secondary N) is 1. The Kier molecular flexibility index (Phi) is 7.00. The molecule has 0 bridgehead atoms. The fraction of sp³-hybridized carbons (Fsp3) is 0.435. The Labute approximate surface area is 198 Å². The van der Waals surface area contributed by atoms with Gasteiger partial charge in [0.2, 0.25) is 10.0 Å². The van der Waals surface area contributed by atoms with Crippen molar-refractivity contribution in [2.75, 3.05) is 20.2 Å². The van der Waals surface area contributed by atoms with E-state index in [0.29, 0.717) is 19.0 Å². The molecule has 1 saturated heterocycles. The summed E-state index contributed by atoms with van der Waals surface area (Å²) in [4.78, 5) is 14.8. The van der Waals surface area contributed by atoms with Gasteiger partial charge in [-0.25, -0.2) is 13.1 Å². The molecule has 2 aromatic carbocycles. The summed E-state index contributed by atoms with van der Waals surface area (Å²) in [7, 11) is -2.15. The third-order valence-electron chi connectivity index (χ3n) is 6.03. The molecule has 1 N–H and O–H groups in total. The zero-order valence-electron chi connectivity index (χ0n) is 17.8. The minimum Gasteiger partial charge on any atom is -0.497 e. The number of piperidine rings is 1. The predicted octanol–water partition coefficient (Wildman–Crippen LogP) is 4.54. The van der Waals surface area contributed by atoms with Gasteiger partial charge in [-0.1, -0.05) is 35.3 Å². The first kappa shape index (κ1) is 23.4. The van der Waals surface area contributed by atoms with Crippen molar-refractivity contribution in [3.8, 4) is 5.75 Å². The summed E-state index contributed by atoms with van der Waals surface area (Å²) >= 11 is 12.4. The lowest BCUT2D eigenvalue weighted by Gasteiger charge is -2.32. The summed E-state index contributed by atoms with van der Waals surface area (Å²) < 4.78 is 33.1. The van der Waals surface area contributed by atoms with Gasteiger partial charge in [0.15, 0.2) is 0 Å². The molecule has 1 aliphatic heterocycles. The van der Waals surface area contributed by atoms with E-state index in [1.165, 1.54) is 17.7 Å². The van der Waals surface area contributed by atoms with Gasteiger partial charge in [0.05, 0.1) is 22.7 Å². The van der Waals surface area contributed by atoms with Crippen molar-refractivity contribution in [1.29, 1.82) is 0 Å². The minimum atomic E-state index is -3.80. The van der Waals surface area contributed by atoms with E-state index in [-0.39, 0.29) is 32.5 Å². The van der Waals surface area contributed by atoms with Crippen LogP contribution >= 0.6 is 23.2 Å². The average Bonchev–Trinajstić information content (AvgIpc) is 3.57. The number of ether oxygens (including phenoxy) is 1. The van der Waals surface area contributed by atoms with Gasteiger partial charge in [-0.2, -0.15) is 0 Å². The molecule has 4 rings (SSSR count). The molecule has 1 heterocycles. The first-order valence-corrected chi connectivity index (χ1v) is 12.9. The number of hydrogen-bond donors (Lipinski definition) is 1. The molecule has 32 heavy (non-hydrogen) atoms. The Balaban J connectivity index is 1.42. The predicted molar refractivity (Wildman–Crippen MR) is 125 cm³/mol. The van der Waals surface area contributed by atoms with Gasteiger partial charge in [-0.05, 0) is 67.9 Å². The number of rotatable bonds is 7. The summed E-state index contributed by atoms with van der Waals surface area (Å²) in [5, 5.41) is 0.170. The number of carbonyl (C=O) groups excluding carboxylic acids is 1. The Morgan fingerprint density at radius 3 is 2.31 bits per heavy atom. The first-order chi connectivity index (χ1) is 15.3. The van der Waals surface area contributed by atoms with Crippen molar-refractivity contribution in [3.63, 3.8) is 0 Å². The van der Waals surface area contributed by atoms with E-state index in [2.05, 4.69) is 16.9 Å². The van der Waals surface area contributed by atoms with Crippen molar-refractivity contribution >= 4 is 39.1 Å². The van der Waals surface area contributed by atoms with Crippen LogP contribution in [0.1, 0.15) is 41.6 Å². The number of carbonyl (C=O) groups is 1. The summed E-state index contributed by atoms with van der Waals surface area (Å²) in [6.45, 7) is 1.20. The highest BCUT2D eigenvalue weighted by atomic mass is 35.5. The van der Waals surface area contributed by atoms with Gasteiger partial charge >= 0.3 is 0 Å². The zero-order chi connectivity index (χ0) is 22.9. The van der Waals surface area contributed by atoms with Gasteiger partial charge in [0.1, 0.15) is 10.6 Å². The number of likely N-dealkylation sites (tertiary alicyclic amines) is 1. The smallest absolute Gasteiger partial charge is 0.255 e. The molecule has 172 valence electrons. The Bertz CT molecular complexity index is 1090. The number of methoxy groups -OCH3 is 1. The van der Waals surface area contributed by atoms with E-state index in [9.17, 15) is 13.2 Å². The fourth-order valence-corrected chi connectivity index (χ4v) is 6.15. The van der Waals surface area contributed by atoms with E-state index in [4.69, 9.17) is 27.9 Å². The number of benzene rings is 2. The third-order valence-corrected chi connectivity index (χ3v) is 8.32. The third kappa shape index (κ3) is 5.39. The molecule has 9 heteroatoms. The van der Waals surface area contributed by atoms with E-state index in [1.54, 1.807) is 12.0 Å². The summed E-state index contributed by atoms with van der Waals surface area (Å²) in [5.41, 5.74) is 1.41. The van der Waals surface area contributed by atoms with Gasteiger partial charge in [0.25, 0.3) is 5.91 Å². The first-order valence-electron chi connectivity index (χ1n) is 10.7. The molecule has 0 unspecified atom stereocenters. The fourth-order valence-electron chi connectivity index (χ4n) is 3.99. The van der Waals surface area contributed by atoms with Crippen molar-refractivity contribution in [2.45, 2.75) is 43.0 Å². The van der Waals surface area contributed by atoms with Crippen LogP contribution in [0.2, 0.25) is 10.0 Å². The summed E-state index contributed by atoms with van der Waals surface area (Å²) in [6.07, 6.45) is 4.31. The molecular formula is C23H26Cl2N2O4S. The highest BCUT2D eigenvalue weighted by Gasteiger charge is 2.31. The second-order valence-electron chi connectivity index (χ2n) is 8.45. The Hall–Kier alpha value is -1.80. The van der Waals surface area contributed by atoms with E-state index in [0.717, 1.165) is 37.9 Å². The van der Waals surface area contributed by atoms with Crippen LogP contribution in [0.5, 0.6) is 5.75 Å². The van der Waals surface area contributed by atoms with Gasteiger partial charge < -0.3 is 9.64 Å². The minimum absolute atomic E-state index is 0.0119. The zero-order valence-corrected chi connectivity index (χ0v) is 20.1. The Morgan fingerprint density at radius 2 is 1.72 bits per heavy atom. The molecule has 0 atom stereocenters. The lowest BCUT2D eigenvalue weighted by atomic mass is 9.90. The second-order valence-corrected chi connectivity index (χ2v) is 10.9. The molecule has 1 aliphatic carbocycles. The van der Waals surface area contributed by atoms with Crippen LogP contribution in [0.4, 0.5) is 0 Å². The molecule has 2 aliphatic rings. The highest BCUT2D eigenvalue weighted by Crippen LogP contribution is 2.32. The van der Waals surface area contributed by atoms with E-state index in [1.807, 2.05) is 12.1 Å². The normalized spacial score (nSPS) is 17.4. The van der Waals surface area contributed by atoms with Gasteiger partial charge in [-0.3, -0.25) is 4.79 Å². The molecule has 2 aromatic rings. The van der Waals surface area contributed by atoms with Crippen LogP contribution in [0, 0.1) is 5.92 Å². The monoisotopic (exact) mass is 496 g/mol. The van der Waals surface area contributed by atoms with Crippen LogP contribution in [-0.4, -0.2) is 45.5 Å². The van der Waals surface area contributed by atoms with E-state index >= 15 is 0 Å². The number of sulfonamides is 1. The topological polar surface area (TPSA) is 75.7 Å². The standard InChI is InChI=1S/C23H26Cl2N2O4S/c1-31-18-6-2-15(3-7-18)12-16-8-10-27(11-9-16)23(28)19-13-22(21(25)14-20(19)24)32(29,30)26-17-4-5-17/h2-3,6-7,13-14,16-17,26H,4-5,8-12H2,1H3. The Morgan fingerprint density at radius 1 is 1.06 bits per heavy atom. The quantitative estimate of drug-likeness (QED) is 0.610. The lowest BCUT2D eigenvalue weighted by molar-refractivity contribution is 0.0690.